The Balaban J connectivity index is 2.54. The first-order valence-corrected chi connectivity index (χ1v) is 5.85. The molecule has 3 heteroatoms. The van der Waals surface area contributed by atoms with Crippen molar-refractivity contribution >= 4 is 17.7 Å². The Morgan fingerprint density at radius 3 is 2.82 bits per heavy atom. The zero-order valence-electron chi connectivity index (χ0n) is 10.4. The zero-order chi connectivity index (χ0) is 12.4. The maximum Gasteiger partial charge on any atom is 0.233 e. The van der Waals surface area contributed by atoms with Gasteiger partial charge in [-0.1, -0.05) is 19.1 Å². The minimum atomic E-state index is -0.0756. The first kappa shape index (κ1) is 11.7. The van der Waals surface area contributed by atoms with E-state index in [1.165, 1.54) is 0 Å². The van der Waals surface area contributed by atoms with Crippen molar-refractivity contribution in [3.05, 3.63) is 29.8 Å². The molecule has 0 saturated heterocycles. The smallest absolute Gasteiger partial charge is 0.233 e. The molecule has 2 rings (SSSR count). The van der Waals surface area contributed by atoms with E-state index in [4.69, 9.17) is 4.74 Å². The van der Waals surface area contributed by atoms with Crippen LogP contribution in [0.15, 0.2) is 24.3 Å². The van der Waals surface area contributed by atoms with E-state index in [-0.39, 0.29) is 11.8 Å². The number of ether oxygens (including phenoxy) is 1. The second-order valence-electron chi connectivity index (χ2n) is 4.16. The molecule has 1 atom stereocenters. The van der Waals surface area contributed by atoms with Crippen molar-refractivity contribution in [2.75, 3.05) is 18.6 Å². The monoisotopic (exact) mass is 231 g/mol. The second-order valence-corrected chi connectivity index (χ2v) is 4.16. The van der Waals surface area contributed by atoms with Crippen molar-refractivity contribution in [3.63, 3.8) is 0 Å². The molecule has 0 N–H and O–H groups in total. The molecule has 0 spiro atoms. The molecule has 1 aromatic rings. The lowest BCUT2D eigenvalue weighted by molar-refractivity contribution is -0.120. The fourth-order valence-electron chi connectivity index (χ4n) is 2.05. The Hall–Kier alpha value is -1.77. The Morgan fingerprint density at radius 2 is 2.18 bits per heavy atom. The van der Waals surface area contributed by atoms with Gasteiger partial charge in [-0.15, -0.1) is 0 Å². The SMILES string of the molecule is CCN1C(=O)C(C)C=Cc2ccc(OC)cc21. The van der Waals surface area contributed by atoms with Gasteiger partial charge >= 0.3 is 0 Å². The third kappa shape index (κ3) is 2.05. The van der Waals surface area contributed by atoms with Crippen LogP contribution < -0.4 is 9.64 Å². The van der Waals surface area contributed by atoms with Crippen LogP contribution in [0, 0.1) is 5.92 Å². The fourth-order valence-corrected chi connectivity index (χ4v) is 2.05. The quantitative estimate of drug-likeness (QED) is 0.783. The molecule has 0 saturated carbocycles. The van der Waals surface area contributed by atoms with Gasteiger partial charge in [0.05, 0.1) is 18.7 Å². The maximum absolute atomic E-state index is 12.2. The van der Waals surface area contributed by atoms with Gasteiger partial charge in [0, 0.05) is 12.6 Å². The van der Waals surface area contributed by atoms with Gasteiger partial charge in [0.15, 0.2) is 0 Å². The maximum atomic E-state index is 12.2. The van der Waals surface area contributed by atoms with Crippen LogP contribution in [0.2, 0.25) is 0 Å². The second kappa shape index (κ2) is 4.62. The summed E-state index contributed by atoms with van der Waals surface area (Å²) in [5, 5.41) is 0. The standard InChI is InChI=1S/C14H17NO2/c1-4-15-13-9-12(17-3)8-7-11(13)6-5-10(2)14(15)16/h5-10H,4H2,1-3H3. The Morgan fingerprint density at radius 1 is 1.41 bits per heavy atom. The first-order chi connectivity index (χ1) is 8.17. The lowest BCUT2D eigenvalue weighted by Gasteiger charge is -2.23. The molecule has 90 valence electrons. The van der Waals surface area contributed by atoms with Crippen LogP contribution in [0.25, 0.3) is 6.08 Å². The predicted molar refractivity (Wildman–Crippen MR) is 69.2 cm³/mol. The van der Waals surface area contributed by atoms with Gasteiger partial charge in [-0.05, 0) is 24.6 Å². The molecular formula is C14H17NO2. The van der Waals surface area contributed by atoms with Crippen molar-refractivity contribution in [2.45, 2.75) is 13.8 Å². The highest BCUT2D eigenvalue weighted by molar-refractivity contribution is 6.00. The van der Waals surface area contributed by atoms with Gasteiger partial charge in [-0.3, -0.25) is 4.79 Å². The summed E-state index contributed by atoms with van der Waals surface area (Å²) < 4.78 is 5.21. The molecule has 0 bridgehead atoms. The van der Waals surface area contributed by atoms with Crippen LogP contribution in [-0.2, 0) is 4.79 Å². The number of rotatable bonds is 2. The van der Waals surface area contributed by atoms with E-state index in [1.54, 1.807) is 7.11 Å². The van der Waals surface area contributed by atoms with Crippen molar-refractivity contribution in [1.29, 1.82) is 0 Å². The number of carbonyl (C=O) groups excluding carboxylic acids is 1. The number of methoxy groups -OCH3 is 1. The fraction of sp³-hybridized carbons (Fsp3) is 0.357. The number of hydrogen-bond donors (Lipinski definition) is 0. The summed E-state index contributed by atoms with van der Waals surface area (Å²) in [6, 6.07) is 5.81. The van der Waals surface area contributed by atoms with Gasteiger partial charge in [0.1, 0.15) is 5.75 Å². The van der Waals surface area contributed by atoms with Crippen LogP contribution in [0.3, 0.4) is 0 Å². The molecule has 0 aliphatic carbocycles. The minimum Gasteiger partial charge on any atom is -0.497 e. The highest BCUT2D eigenvalue weighted by Crippen LogP contribution is 2.31. The van der Waals surface area contributed by atoms with Crippen molar-refractivity contribution in [3.8, 4) is 5.75 Å². The summed E-state index contributed by atoms with van der Waals surface area (Å²) in [6.45, 7) is 4.58. The zero-order valence-corrected chi connectivity index (χ0v) is 10.4. The third-order valence-corrected chi connectivity index (χ3v) is 3.06. The molecule has 1 unspecified atom stereocenters. The molecule has 0 radical (unpaired) electrons. The van der Waals surface area contributed by atoms with Crippen molar-refractivity contribution in [1.82, 2.24) is 0 Å². The molecule has 0 aromatic heterocycles. The third-order valence-electron chi connectivity index (χ3n) is 3.06. The average Bonchev–Trinajstić information content (AvgIpc) is 2.47. The number of fused-ring (bicyclic) bond motifs is 1. The van der Waals surface area contributed by atoms with Gasteiger partial charge < -0.3 is 9.64 Å². The lowest BCUT2D eigenvalue weighted by Crippen LogP contribution is -2.33. The van der Waals surface area contributed by atoms with Gasteiger partial charge in [-0.25, -0.2) is 0 Å². The van der Waals surface area contributed by atoms with Crippen LogP contribution in [0.5, 0.6) is 5.75 Å². The highest BCUT2D eigenvalue weighted by Gasteiger charge is 2.23. The average molecular weight is 231 g/mol. The topological polar surface area (TPSA) is 29.5 Å². The number of anilines is 1. The molecule has 1 amide bonds. The number of amides is 1. The largest absolute Gasteiger partial charge is 0.497 e. The number of nitrogens with zero attached hydrogens (tertiary/aromatic N) is 1. The molecule has 0 fully saturated rings. The summed E-state index contributed by atoms with van der Waals surface area (Å²) in [5.74, 6) is 0.835. The summed E-state index contributed by atoms with van der Waals surface area (Å²) in [7, 11) is 1.63. The highest BCUT2D eigenvalue weighted by atomic mass is 16.5. The van der Waals surface area contributed by atoms with Gasteiger partial charge in [0.25, 0.3) is 0 Å². The van der Waals surface area contributed by atoms with E-state index < -0.39 is 0 Å². The summed E-state index contributed by atoms with van der Waals surface area (Å²) in [4.78, 5) is 14.0. The van der Waals surface area contributed by atoms with Crippen LogP contribution in [-0.4, -0.2) is 19.6 Å². The molecule has 1 aliphatic rings. The van der Waals surface area contributed by atoms with E-state index in [9.17, 15) is 4.79 Å². The molecular weight excluding hydrogens is 214 g/mol. The van der Waals surface area contributed by atoms with Crippen LogP contribution in [0.4, 0.5) is 5.69 Å². The number of carbonyl (C=O) groups is 1. The van der Waals surface area contributed by atoms with E-state index in [0.717, 1.165) is 17.0 Å². The normalized spacial score (nSPS) is 18.9. The molecule has 1 aliphatic heterocycles. The Bertz CT molecular complexity index is 465. The Labute approximate surface area is 102 Å². The van der Waals surface area contributed by atoms with Crippen molar-refractivity contribution < 1.29 is 9.53 Å². The van der Waals surface area contributed by atoms with Crippen LogP contribution in [0.1, 0.15) is 19.4 Å². The summed E-state index contributed by atoms with van der Waals surface area (Å²) in [6.07, 6.45) is 3.95. The molecule has 1 aromatic carbocycles. The van der Waals surface area contributed by atoms with E-state index >= 15 is 0 Å². The number of benzene rings is 1. The molecule has 17 heavy (non-hydrogen) atoms. The van der Waals surface area contributed by atoms with E-state index in [1.807, 2.05) is 49.1 Å². The van der Waals surface area contributed by atoms with E-state index in [0.29, 0.717) is 6.54 Å². The van der Waals surface area contributed by atoms with Crippen molar-refractivity contribution in [2.24, 2.45) is 5.92 Å². The first-order valence-electron chi connectivity index (χ1n) is 5.85. The van der Waals surface area contributed by atoms with Crippen LogP contribution >= 0.6 is 0 Å². The molecule has 1 heterocycles. The van der Waals surface area contributed by atoms with Gasteiger partial charge in [-0.2, -0.15) is 0 Å². The Kier molecular flexibility index (Phi) is 3.18. The number of hydrogen-bond acceptors (Lipinski definition) is 2. The lowest BCUT2D eigenvalue weighted by atomic mass is 10.1. The minimum absolute atomic E-state index is 0.0756. The summed E-state index contributed by atoms with van der Waals surface area (Å²) >= 11 is 0. The van der Waals surface area contributed by atoms with E-state index in [2.05, 4.69) is 0 Å². The summed E-state index contributed by atoms with van der Waals surface area (Å²) in [5.41, 5.74) is 1.99. The van der Waals surface area contributed by atoms with Gasteiger partial charge in [0.2, 0.25) is 5.91 Å². The predicted octanol–water partition coefficient (Wildman–Crippen LogP) is 2.71. The molecule has 3 nitrogen and oxygen atoms in total.